The summed E-state index contributed by atoms with van der Waals surface area (Å²) in [5.74, 6) is 0.705. The Hall–Kier alpha value is -1.55. The van der Waals surface area contributed by atoms with E-state index in [4.69, 9.17) is 4.74 Å². The summed E-state index contributed by atoms with van der Waals surface area (Å²) in [6.07, 6.45) is 1.71. The summed E-state index contributed by atoms with van der Waals surface area (Å²) in [6.45, 7) is 0. The maximum absolute atomic E-state index is 13.7. The molecule has 3 rings (SSSR count). The molecule has 0 saturated heterocycles. The normalized spacial score (nSPS) is 16.9. The van der Waals surface area contributed by atoms with Crippen LogP contribution in [-0.4, -0.2) is 7.11 Å². The molecule has 0 spiro atoms. The number of hydrogen-bond donors (Lipinski definition) is 1. The fourth-order valence-corrected chi connectivity index (χ4v) is 3.26. The first kappa shape index (κ1) is 13.4. The van der Waals surface area contributed by atoms with Gasteiger partial charge in [0.25, 0.3) is 0 Å². The second-order valence-corrected chi connectivity index (χ2v) is 5.75. The number of methoxy groups -OCH3 is 1. The van der Waals surface area contributed by atoms with Crippen LogP contribution in [0.5, 0.6) is 5.75 Å². The third-order valence-corrected chi connectivity index (χ3v) is 4.33. The fourth-order valence-electron chi connectivity index (χ4n) is 2.72. The molecule has 1 N–H and O–H groups in total. The largest absolute Gasteiger partial charge is 0.496 e. The number of hydrogen-bond acceptors (Lipinski definition) is 2. The molecule has 1 aliphatic carbocycles. The lowest BCUT2D eigenvalue weighted by Gasteiger charge is -2.16. The van der Waals surface area contributed by atoms with Gasteiger partial charge in [-0.2, -0.15) is 0 Å². The summed E-state index contributed by atoms with van der Waals surface area (Å²) in [5, 5.41) is 3.46. The predicted octanol–water partition coefficient (Wildman–Crippen LogP) is 4.70. The number of rotatable bonds is 3. The standard InChI is InChI=1S/C16H15BrFNO/c1-20-16-8-5-10(9-13(16)17)19-15-7-6-11-12(15)3-2-4-14(11)18/h2-5,8-9,15,19H,6-7H2,1H3. The van der Waals surface area contributed by atoms with Crippen LogP contribution in [0.15, 0.2) is 40.9 Å². The van der Waals surface area contributed by atoms with Crippen molar-refractivity contribution in [2.24, 2.45) is 0 Å². The Balaban J connectivity index is 1.84. The maximum Gasteiger partial charge on any atom is 0.133 e. The van der Waals surface area contributed by atoms with Crippen LogP contribution in [0.2, 0.25) is 0 Å². The van der Waals surface area contributed by atoms with Crippen molar-refractivity contribution in [3.63, 3.8) is 0 Å². The third kappa shape index (κ3) is 2.40. The molecule has 2 aromatic carbocycles. The smallest absolute Gasteiger partial charge is 0.133 e. The zero-order chi connectivity index (χ0) is 14.1. The van der Waals surface area contributed by atoms with E-state index in [1.165, 1.54) is 6.07 Å². The van der Waals surface area contributed by atoms with Crippen molar-refractivity contribution >= 4 is 21.6 Å². The van der Waals surface area contributed by atoms with E-state index < -0.39 is 0 Å². The molecule has 1 atom stereocenters. The summed E-state index contributed by atoms with van der Waals surface area (Å²) in [5.41, 5.74) is 2.91. The van der Waals surface area contributed by atoms with Crippen molar-refractivity contribution < 1.29 is 9.13 Å². The molecule has 20 heavy (non-hydrogen) atoms. The van der Waals surface area contributed by atoms with Gasteiger partial charge < -0.3 is 10.1 Å². The Morgan fingerprint density at radius 3 is 2.90 bits per heavy atom. The van der Waals surface area contributed by atoms with E-state index in [-0.39, 0.29) is 11.9 Å². The zero-order valence-electron chi connectivity index (χ0n) is 11.1. The second kappa shape index (κ2) is 5.44. The highest BCUT2D eigenvalue weighted by molar-refractivity contribution is 9.10. The molecular formula is C16H15BrFNO. The lowest BCUT2D eigenvalue weighted by atomic mass is 10.1. The topological polar surface area (TPSA) is 21.3 Å². The van der Waals surface area contributed by atoms with Crippen molar-refractivity contribution in [1.29, 1.82) is 0 Å². The minimum atomic E-state index is -0.0947. The van der Waals surface area contributed by atoms with Crippen LogP contribution in [0.4, 0.5) is 10.1 Å². The van der Waals surface area contributed by atoms with Crippen molar-refractivity contribution in [1.82, 2.24) is 0 Å². The Morgan fingerprint density at radius 2 is 2.15 bits per heavy atom. The van der Waals surface area contributed by atoms with Gasteiger partial charge in [0.05, 0.1) is 17.6 Å². The molecule has 1 aliphatic rings. The molecular weight excluding hydrogens is 321 g/mol. The van der Waals surface area contributed by atoms with Crippen LogP contribution < -0.4 is 10.1 Å². The lowest BCUT2D eigenvalue weighted by molar-refractivity contribution is 0.412. The first-order valence-electron chi connectivity index (χ1n) is 6.56. The van der Waals surface area contributed by atoms with E-state index >= 15 is 0 Å². The van der Waals surface area contributed by atoms with Crippen molar-refractivity contribution in [3.05, 3.63) is 57.8 Å². The van der Waals surface area contributed by atoms with Gasteiger partial charge in [0.15, 0.2) is 0 Å². The van der Waals surface area contributed by atoms with Crippen LogP contribution in [-0.2, 0) is 6.42 Å². The van der Waals surface area contributed by atoms with Crippen LogP contribution >= 0.6 is 15.9 Å². The molecule has 2 aromatic rings. The van der Waals surface area contributed by atoms with Crippen molar-refractivity contribution in [2.75, 3.05) is 12.4 Å². The van der Waals surface area contributed by atoms with Gasteiger partial charge in [-0.3, -0.25) is 0 Å². The molecule has 4 heteroatoms. The van der Waals surface area contributed by atoms with Crippen LogP contribution in [0.25, 0.3) is 0 Å². The van der Waals surface area contributed by atoms with Crippen molar-refractivity contribution in [2.45, 2.75) is 18.9 Å². The van der Waals surface area contributed by atoms with Gasteiger partial charge in [-0.25, -0.2) is 4.39 Å². The Morgan fingerprint density at radius 1 is 1.30 bits per heavy atom. The van der Waals surface area contributed by atoms with Gasteiger partial charge in [0.1, 0.15) is 11.6 Å². The average molecular weight is 336 g/mol. The average Bonchev–Trinajstić information content (AvgIpc) is 2.84. The SMILES string of the molecule is COc1ccc(NC2CCc3c(F)cccc32)cc1Br. The fraction of sp³-hybridized carbons (Fsp3) is 0.250. The Kier molecular flexibility index (Phi) is 3.66. The van der Waals surface area contributed by atoms with Gasteiger partial charge in [-0.05, 0) is 64.2 Å². The molecule has 0 amide bonds. The number of fused-ring (bicyclic) bond motifs is 1. The molecule has 0 heterocycles. The first-order valence-corrected chi connectivity index (χ1v) is 7.35. The van der Waals surface area contributed by atoms with E-state index in [1.807, 2.05) is 24.3 Å². The molecule has 2 nitrogen and oxygen atoms in total. The summed E-state index contributed by atoms with van der Waals surface area (Å²) in [6, 6.07) is 11.3. The van der Waals surface area contributed by atoms with Gasteiger partial charge in [0, 0.05) is 5.69 Å². The molecule has 1 unspecified atom stereocenters. The van der Waals surface area contributed by atoms with Gasteiger partial charge >= 0.3 is 0 Å². The van der Waals surface area contributed by atoms with Crippen molar-refractivity contribution in [3.8, 4) is 5.75 Å². The monoisotopic (exact) mass is 335 g/mol. The molecule has 104 valence electrons. The highest BCUT2D eigenvalue weighted by Crippen LogP contribution is 2.36. The van der Waals surface area contributed by atoms with E-state index in [1.54, 1.807) is 13.2 Å². The molecule has 0 bridgehead atoms. The number of ether oxygens (including phenoxy) is 1. The Bertz CT molecular complexity index is 644. The van der Waals surface area contributed by atoms with E-state index in [0.717, 1.165) is 39.9 Å². The Labute approximate surface area is 126 Å². The van der Waals surface area contributed by atoms with E-state index in [0.29, 0.717) is 0 Å². The highest BCUT2D eigenvalue weighted by atomic mass is 79.9. The minimum Gasteiger partial charge on any atom is -0.496 e. The van der Waals surface area contributed by atoms with E-state index in [9.17, 15) is 4.39 Å². The minimum absolute atomic E-state index is 0.0947. The van der Waals surface area contributed by atoms with Gasteiger partial charge in [-0.1, -0.05) is 12.1 Å². The molecule has 0 radical (unpaired) electrons. The van der Waals surface area contributed by atoms with Crippen LogP contribution in [0.1, 0.15) is 23.6 Å². The number of nitrogens with one attached hydrogen (secondary N) is 1. The van der Waals surface area contributed by atoms with Gasteiger partial charge in [-0.15, -0.1) is 0 Å². The molecule has 0 saturated carbocycles. The molecule has 0 fully saturated rings. The maximum atomic E-state index is 13.7. The van der Waals surface area contributed by atoms with Crippen LogP contribution in [0.3, 0.4) is 0 Å². The second-order valence-electron chi connectivity index (χ2n) is 4.89. The summed E-state index contributed by atoms with van der Waals surface area (Å²) >= 11 is 3.48. The highest BCUT2D eigenvalue weighted by Gasteiger charge is 2.24. The molecule has 0 aromatic heterocycles. The van der Waals surface area contributed by atoms with Gasteiger partial charge in [0.2, 0.25) is 0 Å². The predicted molar refractivity (Wildman–Crippen MR) is 81.8 cm³/mol. The summed E-state index contributed by atoms with van der Waals surface area (Å²) in [7, 11) is 1.64. The zero-order valence-corrected chi connectivity index (χ0v) is 12.7. The first-order chi connectivity index (χ1) is 9.69. The van der Waals surface area contributed by atoms with Crippen LogP contribution in [0, 0.1) is 5.82 Å². The number of anilines is 1. The third-order valence-electron chi connectivity index (χ3n) is 3.71. The number of halogens is 2. The van der Waals surface area contributed by atoms with E-state index in [2.05, 4.69) is 21.2 Å². The molecule has 0 aliphatic heterocycles. The lowest BCUT2D eigenvalue weighted by Crippen LogP contribution is -2.07. The summed E-state index contributed by atoms with van der Waals surface area (Å²) in [4.78, 5) is 0. The number of benzene rings is 2. The summed E-state index contributed by atoms with van der Waals surface area (Å²) < 4.78 is 19.8. The quantitative estimate of drug-likeness (QED) is 0.877.